The minimum Gasteiger partial charge on any atom is -0.497 e. The standard InChI is InChI=1S/C23H25N3O4/c1-29-17-7-8-19(30-2)18(11-17)26-23(28)21-16-6-5-15(10-16)20(21)22(27)25-13-14-4-3-9-24-12-14/h3-9,11-12,15-16,20-21H,10,13H2,1-2H3,(H,25,27)(H,26,28)/t15-,16+,20-,21-/m0/s1. The van der Waals surface area contributed by atoms with Crippen molar-refractivity contribution in [1.29, 1.82) is 0 Å². The van der Waals surface area contributed by atoms with Crippen molar-refractivity contribution in [3.05, 3.63) is 60.4 Å². The Labute approximate surface area is 175 Å². The fourth-order valence-corrected chi connectivity index (χ4v) is 4.47. The monoisotopic (exact) mass is 407 g/mol. The normalized spacial score (nSPS) is 23.8. The van der Waals surface area contributed by atoms with Crippen LogP contribution in [-0.4, -0.2) is 31.0 Å². The molecule has 1 saturated carbocycles. The molecule has 0 radical (unpaired) electrons. The molecular weight excluding hydrogens is 382 g/mol. The van der Waals surface area contributed by atoms with Gasteiger partial charge in [-0.15, -0.1) is 0 Å². The van der Waals surface area contributed by atoms with Crippen LogP contribution in [0.3, 0.4) is 0 Å². The molecule has 2 amide bonds. The Bertz CT molecular complexity index is 960. The summed E-state index contributed by atoms with van der Waals surface area (Å²) in [5.74, 6) is 0.184. The van der Waals surface area contributed by atoms with E-state index in [1.807, 2.05) is 12.1 Å². The number of carbonyl (C=O) groups is 2. The molecule has 2 N–H and O–H groups in total. The van der Waals surface area contributed by atoms with Crippen molar-refractivity contribution in [2.45, 2.75) is 13.0 Å². The van der Waals surface area contributed by atoms with Crippen LogP contribution in [-0.2, 0) is 16.1 Å². The third-order valence-electron chi connectivity index (χ3n) is 5.92. The Morgan fingerprint density at radius 3 is 2.50 bits per heavy atom. The lowest BCUT2D eigenvalue weighted by molar-refractivity contribution is -0.133. The summed E-state index contributed by atoms with van der Waals surface area (Å²) in [5.41, 5.74) is 1.45. The highest BCUT2D eigenvalue weighted by Crippen LogP contribution is 2.48. The quantitative estimate of drug-likeness (QED) is 0.689. The molecule has 1 aromatic heterocycles. The van der Waals surface area contributed by atoms with Crippen molar-refractivity contribution in [2.24, 2.45) is 23.7 Å². The van der Waals surface area contributed by atoms with E-state index in [9.17, 15) is 9.59 Å². The molecule has 0 aliphatic heterocycles. The molecule has 2 aromatic rings. The van der Waals surface area contributed by atoms with Crippen molar-refractivity contribution in [2.75, 3.05) is 19.5 Å². The minimum absolute atomic E-state index is 0.0562. The Morgan fingerprint density at radius 2 is 1.83 bits per heavy atom. The number of fused-ring (bicyclic) bond motifs is 2. The van der Waals surface area contributed by atoms with Crippen molar-refractivity contribution in [1.82, 2.24) is 10.3 Å². The van der Waals surface area contributed by atoms with Gasteiger partial charge in [-0.05, 0) is 42.0 Å². The van der Waals surface area contributed by atoms with Crippen LogP contribution in [0.1, 0.15) is 12.0 Å². The number of rotatable bonds is 7. The number of nitrogens with one attached hydrogen (secondary N) is 2. The zero-order valence-corrected chi connectivity index (χ0v) is 17.0. The number of ether oxygens (including phenoxy) is 2. The maximum Gasteiger partial charge on any atom is 0.229 e. The van der Waals surface area contributed by atoms with Gasteiger partial charge in [-0.3, -0.25) is 14.6 Å². The maximum atomic E-state index is 13.2. The second kappa shape index (κ2) is 8.57. The number of amides is 2. The van der Waals surface area contributed by atoms with Gasteiger partial charge in [-0.2, -0.15) is 0 Å². The van der Waals surface area contributed by atoms with E-state index in [0.717, 1.165) is 12.0 Å². The number of allylic oxidation sites excluding steroid dienone is 2. The van der Waals surface area contributed by atoms with Crippen molar-refractivity contribution in [3.63, 3.8) is 0 Å². The molecule has 7 heteroatoms. The van der Waals surface area contributed by atoms with Crippen molar-refractivity contribution in [3.8, 4) is 11.5 Å². The van der Waals surface area contributed by atoms with Gasteiger partial charge in [0.2, 0.25) is 11.8 Å². The van der Waals surface area contributed by atoms with E-state index < -0.39 is 11.8 Å². The lowest BCUT2D eigenvalue weighted by Crippen LogP contribution is -2.41. The number of carbonyl (C=O) groups excluding carboxylic acids is 2. The Hall–Kier alpha value is -3.35. The molecule has 1 heterocycles. The van der Waals surface area contributed by atoms with Gasteiger partial charge < -0.3 is 20.1 Å². The third-order valence-corrected chi connectivity index (χ3v) is 5.92. The molecule has 156 valence electrons. The molecule has 4 atom stereocenters. The minimum atomic E-state index is -0.426. The van der Waals surface area contributed by atoms with Gasteiger partial charge in [-0.25, -0.2) is 0 Å². The number of hydrogen-bond donors (Lipinski definition) is 2. The van der Waals surface area contributed by atoms with Crippen LogP contribution in [0, 0.1) is 23.7 Å². The lowest BCUT2D eigenvalue weighted by Gasteiger charge is -2.26. The lowest BCUT2D eigenvalue weighted by atomic mass is 9.81. The summed E-state index contributed by atoms with van der Waals surface area (Å²) in [5, 5.41) is 5.93. The fraction of sp³-hybridized carbons (Fsp3) is 0.348. The number of anilines is 1. The Balaban J connectivity index is 1.50. The van der Waals surface area contributed by atoms with Gasteiger partial charge in [0, 0.05) is 25.0 Å². The van der Waals surface area contributed by atoms with Gasteiger partial charge in [0.05, 0.1) is 31.7 Å². The first-order chi connectivity index (χ1) is 14.6. The van der Waals surface area contributed by atoms with Gasteiger partial charge >= 0.3 is 0 Å². The average molecular weight is 407 g/mol. The summed E-state index contributed by atoms with van der Waals surface area (Å²) < 4.78 is 10.6. The number of methoxy groups -OCH3 is 2. The Morgan fingerprint density at radius 1 is 1.07 bits per heavy atom. The van der Waals surface area contributed by atoms with Gasteiger partial charge in [0.15, 0.2) is 0 Å². The predicted octanol–water partition coefficient (Wildman–Crippen LogP) is 2.79. The second-order valence-electron chi connectivity index (χ2n) is 7.63. The van der Waals surface area contributed by atoms with E-state index in [1.54, 1.807) is 44.8 Å². The first-order valence-electron chi connectivity index (χ1n) is 9.98. The predicted molar refractivity (Wildman–Crippen MR) is 112 cm³/mol. The molecule has 30 heavy (non-hydrogen) atoms. The van der Waals surface area contributed by atoms with Crippen LogP contribution >= 0.6 is 0 Å². The van der Waals surface area contributed by atoms with Crippen LogP contribution in [0.15, 0.2) is 54.9 Å². The summed E-state index contributed by atoms with van der Waals surface area (Å²) in [6, 6.07) is 8.97. The van der Waals surface area contributed by atoms with E-state index >= 15 is 0 Å². The van der Waals surface area contributed by atoms with Crippen LogP contribution in [0.4, 0.5) is 5.69 Å². The molecule has 1 aromatic carbocycles. The van der Waals surface area contributed by atoms with Crippen LogP contribution in [0.25, 0.3) is 0 Å². The molecule has 7 nitrogen and oxygen atoms in total. The first-order valence-corrected chi connectivity index (χ1v) is 9.98. The van der Waals surface area contributed by atoms with Crippen LogP contribution in [0.5, 0.6) is 11.5 Å². The topological polar surface area (TPSA) is 89.5 Å². The molecule has 0 saturated heterocycles. The highest BCUT2D eigenvalue weighted by Gasteiger charge is 2.51. The molecule has 0 spiro atoms. The average Bonchev–Trinajstić information content (AvgIpc) is 3.40. The summed E-state index contributed by atoms with van der Waals surface area (Å²) in [6.45, 7) is 0.391. The molecule has 2 aliphatic rings. The molecule has 4 rings (SSSR count). The second-order valence-corrected chi connectivity index (χ2v) is 7.63. The SMILES string of the molecule is COc1ccc(OC)c(NC(=O)[C@@H]2[C@@H](C(=O)NCc3cccnc3)[C@H]3C=C[C@@H]2C3)c1. The van der Waals surface area contributed by atoms with Crippen LogP contribution < -0.4 is 20.1 Å². The molecule has 2 aliphatic carbocycles. The Kier molecular flexibility index (Phi) is 5.70. The summed E-state index contributed by atoms with van der Waals surface area (Å²) in [4.78, 5) is 30.3. The summed E-state index contributed by atoms with van der Waals surface area (Å²) in [7, 11) is 3.11. The molecular formula is C23H25N3O4. The van der Waals surface area contributed by atoms with Crippen molar-refractivity contribution < 1.29 is 19.1 Å². The van der Waals surface area contributed by atoms with Crippen LogP contribution in [0.2, 0.25) is 0 Å². The highest BCUT2D eigenvalue weighted by molar-refractivity contribution is 5.98. The van der Waals surface area contributed by atoms with E-state index in [2.05, 4.69) is 27.8 Å². The molecule has 1 fully saturated rings. The number of hydrogen-bond acceptors (Lipinski definition) is 5. The van der Waals surface area contributed by atoms with E-state index in [4.69, 9.17) is 9.47 Å². The van der Waals surface area contributed by atoms with Gasteiger partial charge in [-0.1, -0.05) is 18.2 Å². The van der Waals surface area contributed by atoms with Gasteiger partial charge in [0.1, 0.15) is 11.5 Å². The zero-order valence-electron chi connectivity index (χ0n) is 17.0. The largest absolute Gasteiger partial charge is 0.497 e. The summed E-state index contributed by atoms with van der Waals surface area (Å²) >= 11 is 0. The smallest absolute Gasteiger partial charge is 0.229 e. The summed E-state index contributed by atoms with van der Waals surface area (Å²) in [6.07, 6.45) is 8.36. The maximum absolute atomic E-state index is 13.2. The number of pyridine rings is 1. The number of aromatic nitrogens is 1. The fourth-order valence-electron chi connectivity index (χ4n) is 4.47. The number of benzene rings is 1. The van der Waals surface area contributed by atoms with E-state index in [1.165, 1.54) is 0 Å². The van der Waals surface area contributed by atoms with Gasteiger partial charge in [0.25, 0.3) is 0 Å². The zero-order chi connectivity index (χ0) is 21.1. The molecule has 0 unspecified atom stereocenters. The number of nitrogens with zero attached hydrogens (tertiary/aromatic N) is 1. The molecule has 2 bridgehead atoms. The van der Waals surface area contributed by atoms with E-state index in [0.29, 0.717) is 23.7 Å². The first kappa shape index (κ1) is 19.9. The third kappa shape index (κ3) is 3.87. The highest BCUT2D eigenvalue weighted by atomic mass is 16.5. The van der Waals surface area contributed by atoms with Crippen molar-refractivity contribution >= 4 is 17.5 Å². The van der Waals surface area contributed by atoms with E-state index in [-0.39, 0.29) is 23.7 Å².